The molecule has 1 heterocycles. The van der Waals surface area contributed by atoms with Gasteiger partial charge in [-0.3, -0.25) is 4.98 Å². The van der Waals surface area contributed by atoms with E-state index in [9.17, 15) is 0 Å². The molecule has 0 fully saturated rings. The number of hydrogen-bond acceptors (Lipinski definition) is 3. The minimum atomic E-state index is 0.567. The van der Waals surface area contributed by atoms with Crippen molar-refractivity contribution in [3.8, 4) is 0 Å². The van der Waals surface area contributed by atoms with Crippen molar-refractivity contribution < 1.29 is 0 Å². The molecule has 0 saturated carbocycles. The molecular formula is C14H19N3. The molecule has 17 heavy (non-hydrogen) atoms. The van der Waals surface area contributed by atoms with E-state index in [-0.39, 0.29) is 0 Å². The number of aryl methyl sites for hydroxylation is 2. The first kappa shape index (κ1) is 11.9. The molecule has 90 valence electrons. The van der Waals surface area contributed by atoms with Crippen LogP contribution in [0.5, 0.6) is 0 Å². The zero-order valence-corrected chi connectivity index (χ0v) is 10.9. The highest BCUT2D eigenvalue weighted by Gasteiger charge is 2.09. The fraction of sp³-hybridized carbons (Fsp3) is 0.357. The van der Waals surface area contributed by atoms with Gasteiger partial charge in [0.1, 0.15) is 0 Å². The molecule has 2 aromatic rings. The minimum Gasteiger partial charge on any atom is -0.377 e. The largest absolute Gasteiger partial charge is 0.377 e. The summed E-state index contributed by atoms with van der Waals surface area (Å²) in [6, 6.07) is 6.38. The number of rotatable bonds is 2. The fourth-order valence-corrected chi connectivity index (χ4v) is 2.17. The standard InChI is InChI=1S/C14H19N3/c1-9-5-11(8-15)7-12-13(17(3)4)6-10(2)16-14(9)12/h5-7H,8,15H2,1-4H3. The Hall–Kier alpha value is -1.61. The molecule has 0 aliphatic heterocycles. The molecule has 0 radical (unpaired) electrons. The average Bonchev–Trinajstić information content (AvgIpc) is 2.28. The number of hydrogen-bond donors (Lipinski definition) is 1. The van der Waals surface area contributed by atoms with E-state index in [4.69, 9.17) is 5.73 Å². The Morgan fingerprint density at radius 3 is 2.47 bits per heavy atom. The second-order valence-electron chi connectivity index (χ2n) is 4.69. The van der Waals surface area contributed by atoms with E-state index in [1.54, 1.807) is 0 Å². The number of anilines is 1. The number of fused-ring (bicyclic) bond motifs is 1. The van der Waals surface area contributed by atoms with E-state index >= 15 is 0 Å². The smallest absolute Gasteiger partial charge is 0.0755 e. The molecule has 0 spiro atoms. The van der Waals surface area contributed by atoms with Gasteiger partial charge in [0, 0.05) is 37.4 Å². The molecular weight excluding hydrogens is 210 g/mol. The molecule has 1 aromatic carbocycles. The van der Waals surface area contributed by atoms with Crippen LogP contribution in [0, 0.1) is 13.8 Å². The minimum absolute atomic E-state index is 0.567. The Morgan fingerprint density at radius 2 is 1.88 bits per heavy atom. The Bertz CT molecular complexity index is 559. The highest BCUT2D eigenvalue weighted by Crippen LogP contribution is 2.28. The third-order valence-corrected chi connectivity index (χ3v) is 2.99. The van der Waals surface area contributed by atoms with Crippen LogP contribution < -0.4 is 10.6 Å². The van der Waals surface area contributed by atoms with E-state index in [0.717, 1.165) is 16.8 Å². The monoisotopic (exact) mass is 229 g/mol. The summed E-state index contributed by atoms with van der Waals surface area (Å²) >= 11 is 0. The van der Waals surface area contributed by atoms with Crippen molar-refractivity contribution in [2.75, 3.05) is 19.0 Å². The summed E-state index contributed by atoms with van der Waals surface area (Å²) in [5.74, 6) is 0. The molecule has 0 saturated heterocycles. The van der Waals surface area contributed by atoms with Gasteiger partial charge in [-0.05, 0) is 37.1 Å². The molecule has 0 atom stereocenters. The Kier molecular flexibility index (Phi) is 3.03. The van der Waals surface area contributed by atoms with Crippen molar-refractivity contribution in [1.29, 1.82) is 0 Å². The van der Waals surface area contributed by atoms with Crippen LogP contribution in [0.1, 0.15) is 16.8 Å². The lowest BCUT2D eigenvalue weighted by molar-refractivity contribution is 1.06. The van der Waals surface area contributed by atoms with Gasteiger partial charge in [-0.2, -0.15) is 0 Å². The van der Waals surface area contributed by atoms with E-state index in [1.807, 2.05) is 6.92 Å². The Labute approximate surface area is 102 Å². The van der Waals surface area contributed by atoms with Gasteiger partial charge in [-0.1, -0.05) is 6.07 Å². The van der Waals surface area contributed by atoms with Gasteiger partial charge in [-0.25, -0.2) is 0 Å². The molecule has 0 bridgehead atoms. The fourth-order valence-electron chi connectivity index (χ4n) is 2.17. The summed E-state index contributed by atoms with van der Waals surface area (Å²) in [7, 11) is 4.11. The Balaban J connectivity index is 2.85. The quantitative estimate of drug-likeness (QED) is 0.859. The average molecular weight is 229 g/mol. The van der Waals surface area contributed by atoms with Crippen LogP contribution in [0.3, 0.4) is 0 Å². The van der Waals surface area contributed by atoms with Gasteiger partial charge in [-0.15, -0.1) is 0 Å². The summed E-state index contributed by atoms with van der Waals surface area (Å²) < 4.78 is 0. The van der Waals surface area contributed by atoms with Crippen LogP contribution in [0.4, 0.5) is 5.69 Å². The van der Waals surface area contributed by atoms with Gasteiger partial charge in [0.05, 0.1) is 5.52 Å². The molecule has 0 unspecified atom stereocenters. The van der Waals surface area contributed by atoms with Crippen LogP contribution in [-0.2, 0) is 6.54 Å². The maximum Gasteiger partial charge on any atom is 0.0755 e. The summed E-state index contributed by atoms with van der Waals surface area (Å²) in [6.45, 7) is 4.69. The van der Waals surface area contributed by atoms with Crippen LogP contribution in [0.25, 0.3) is 10.9 Å². The zero-order chi connectivity index (χ0) is 12.6. The van der Waals surface area contributed by atoms with Crippen LogP contribution in [-0.4, -0.2) is 19.1 Å². The maximum absolute atomic E-state index is 5.73. The third kappa shape index (κ3) is 2.11. The summed E-state index contributed by atoms with van der Waals surface area (Å²) in [5, 5.41) is 1.18. The molecule has 0 aliphatic rings. The van der Waals surface area contributed by atoms with E-state index < -0.39 is 0 Å². The lowest BCUT2D eigenvalue weighted by Crippen LogP contribution is -2.10. The topological polar surface area (TPSA) is 42.1 Å². The van der Waals surface area contributed by atoms with Crippen molar-refractivity contribution in [3.63, 3.8) is 0 Å². The predicted molar refractivity (Wildman–Crippen MR) is 73.4 cm³/mol. The van der Waals surface area contributed by atoms with Crippen LogP contribution in [0.2, 0.25) is 0 Å². The van der Waals surface area contributed by atoms with Crippen LogP contribution in [0.15, 0.2) is 18.2 Å². The first-order valence-corrected chi connectivity index (χ1v) is 5.81. The molecule has 0 aliphatic carbocycles. The van der Waals surface area contributed by atoms with Crippen molar-refractivity contribution >= 4 is 16.6 Å². The van der Waals surface area contributed by atoms with E-state index in [2.05, 4.69) is 49.1 Å². The highest BCUT2D eigenvalue weighted by molar-refractivity contribution is 5.94. The molecule has 2 N–H and O–H groups in total. The van der Waals surface area contributed by atoms with E-state index in [0.29, 0.717) is 6.54 Å². The van der Waals surface area contributed by atoms with Gasteiger partial charge in [0.15, 0.2) is 0 Å². The van der Waals surface area contributed by atoms with E-state index in [1.165, 1.54) is 16.6 Å². The number of nitrogens with zero attached hydrogens (tertiary/aromatic N) is 2. The lowest BCUT2D eigenvalue weighted by atomic mass is 10.0. The third-order valence-electron chi connectivity index (χ3n) is 2.99. The SMILES string of the molecule is Cc1cc(N(C)C)c2cc(CN)cc(C)c2n1. The zero-order valence-electron chi connectivity index (χ0n) is 10.9. The van der Waals surface area contributed by atoms with Gasteiger partial charge in [0.2, 0.25) is 0 Å². The van der Waals surface area contributed by atoms with Gasteiger partial charge >= 0.3 is 0 Å². The number of pyridine rings is 1. The lowest BCUT2D eigenvalue weighted by Gasteiger charge is -2.17. The summed E-state index contributed by atoms with van der Waals surface area (Å²) in [4.78, 5) is 6.75. The molecule has 2 rings (SSSR count). The summed E-state index contributed by atoms with van der Waals surface area (Å²) in [6.07, 6.45) is 0. The first-order chi connectivity index (χ1) is 8.02. The number of benzene rings is 1. The van der Waals surface area contributed by atoms with Crippen molar-refractivity contribution in [2.24, 2.45) is 5.73 Å². The molecule has 3 nitrogen and oxygen atoms in total. The summed E-state index contributed by atoms with van der Waals surface area (Å²) in [5.41, 5.74) is 11.4. The Morgan fingerprint density at radius 1 is 1.18 bits per heavy atom. The van der Waals surface area contributed by atoms with Crippen molar-refractivity contribution in [3.05, 3.63) is 35.0 Å². The second kappa shape index (κ2) is 4.34. The molecule has 3 heteroatoms. The van der Waals surface area contributed by atoms with Crippen molar-refractivity contribution in [2.45, 2.75) is 20.4 Å². The first-order valence-electron chi connectivity index (χ1n) is 5.81. The second-order valence-corrected chi connectivity index (χ2v) is 4.69. The molecule has 1 aromatic heterocycles. The van der Waals surface area contributed by atoms with Gasteiger partial charge in [0.25, 0.3) is 0 Å². The number of nitrogens with two attached hydrogens (primary N) is 1. The number of aromatic nitrogens is 1. The molecule has 0 amide bonds. The highest BCUT2D eigenvalue weighted by atomic mass is 15.1. The normalized spacial score (nSPS) is 10.9. The van der Waals surface area contributed by atoms with Crippen LogP contribution >= 0.6 is 0 Å². The maximum atomic E-state index is 5.73. The predicted octanol–water partition coefficient (Wildman–Crippen LogP) is 2.38. The van der Waals surface area contributed by atoms with Crippen molar-refractivity contribution in [1.82, 2.24) is 4.98 Å². The van der Waals surface area contributed by atoms with Gasteiger partial charge < -0.3 is 10.6 Å².